The van der Waals surface area contributed by atoms with Gasteiger partial charge < -0.3 is 14.5 Å². The van der Waals surface area contributed by atoms with Gasteiger partial charge in [0.1, 0.15) is 6.10 Å². The lowest BCUT2D eigenvalue weighted by Gasteiger charge is -2.36. The second-order valence-electron chi connectivity index (χ2n) is 6.71. The van der Waals surface area contributed by atoms with E-state index in [9.17, 15) is 4.79 Å². The molecule has 3 heterocycles. The van der Waals surface area contributed by atoms with E-state index in [1.54, 1.807) is 0 Å². The number of piperidine rings is 1. The fourth-order valence-electron chi connectivity index (χ4n) is 3.87. The summed E-state index contributed by atoms with van der Waals surface area (Å²) in [7, 11) is 4.34. The third-order valence-electron chi connectivity index (χ3n) is 5.30. The molecule has 0 aromatic rings. The van der Waals surface area contributed by atoms with E-state index in [4.69, 9.17) is 4.74 Å². The highest BCUT2D eigenvalue weighted by Crippen LogP contribution is 2.35. The van der Waals surface area contributed by atoms with Gasteiger partial charge in [-0.1, -0.05) is 0 Å². The third-order valence-corrected chi connectivity index (χ3v) is 5.30. The molecule has 0 spiro atoms. The van der Waals surface area contributed by atoms with Crippen LogP contribution in [0.5, 0.6) is 0 Å². The number of fused-ring (bicyclic) bond motifs is 2. The number of hydrogen-bond acceptors (Lipinski definition) is 5. The molecular formula is C15H27N3O2. The van der Waals surface area contributed by atoms with Gasteiger partial charge in [-0.15, -0.1) is 0 Å². The fourth-order valence-corrected chi connectivity index (χ4v) is 3.87. The molecule has 0 N–H and O–H groups in total. The van der Waals surface area contributed by atoms with Crippen molar-refractivity contribution in [2.75, 3.05) is 46.8 Å². The van der Waals surface area contributed by atoms with Gasteiger partial charge in [-0.05, 0) is 39.8 Å². The van der Waals surface area contributed by atoms with Crippen LogP contribution in [0.3, 0.4) is 0 Å². The molecular weight excluding hydrogens is 254 g/mol. The molecule has 3 aliphatic heterocycles. The standard InChI is InChI=1S/C15H27N3O2/c1-16-5-7-18(8-6-16)11-15(19)20-14-9-12-3-4-13(10-14)17(12)2/h12-14H,3-11H2,1-2H3/t12-,13+,14?. The second kappa shape index (κ2) is 6.00. The summed E-state index contributed by atoms with van der Waals surface area (Å²) >= 11 is 0. The number of nitrogens with zero attached hydrogens (tertiary/aromatic N) is 3. The predicted octanol–water partition coefficient (Wildman–Crippen LogP) is 0.402. The molecule has 0 aromatic heterocycles. The molecule has 1 unspecified atom stereocenters. The molecule has 0 saturated carbocycles. The van der Waals surface area contributed by atoms with Gasteiger partial charge in [-0.2, -0.15) is 0 Å². The van der Waals surface area contributed by atoms with Crippen molar-refractivity contribution >= 4 is 5.97 Å². The topological polar surface area (TPSA) is 36.0 Å². The summed E-state index contributed by atoms with van der Waals surface area (Å²) in [6.07, 6.45) is 4.76. The average Bonchev–Trinajstić information content (AvgIpc) is 2.64. The van der Waals surface area contributed by atoms with Gasteiger partial charge in [0.25, 0.3) is 0 Å². The van der Waals surface area contributed by atoms with Gasteiger partial charge in [0.2, 0.25) is 0 Å². The van der Waals surface area contributed by atoms with Crippen molar-refractivity contribution in [1.82, 2.24) is 14.7 Å². The molecule has 0 radical (unpaired) electrons. The summed E-state index contributed by atoms with van der Waals surface area (Å²) in [5.41, 5.74) is 0. The Bertz CT molecular complexity index is 341. The Hall–Kier alpha value is -0.650. The van der Waals surface area contributed by atoms with Gasteiger partial charge in [0.15, 0.2) is 0 Å². The van der Waals surface area contributed by atoms with E-state index in [0.717, 1.165) is 39.0 Å². The molecule has 0 aliphatic carbocycles. The van der Waals surface area contributed by atoms with E-state index in [1.807, 2.05) is 0 Å². The van der Waals surface area contributed by atoms with Crippen LogP contribution in [0.2, 0.25) is 0 Å². The Balaban J connectivity index is 1.43. The van der Waals surface area contributed by atoms with Crippen LogP contribution in [0.1, 0.15) is 25.7 Å². The predicted molar refractivity (Wildman–Crippen MR) is 77.6 cm³/mol. The number of hydrogen-bond donors (Lipinski definition) is 0. The van der Waals surface area contributed by atoms with Crippen LogP contribution in [0.15, 0.2) is 0 Å². The van der Waals surface area contributed by atoms with E-state index in [-0.39, 0.29) is 12.1 Å². The van der Waals surface area contributed by atoms with Crippen molar-refractivity contribution in [2.45, 2.75) is 43.9 Å². The highest BCUT2D eigenvalue weighted by molar-refractivity contribution is 5.71. The molecule has 0 aromatic carbocycles. The van der Waals surface area contributed by atoms with Gasteiger partial charge in [0.05, 0.1) is 6.54 Å². The van der Waals surface area contributed by atoms with Crippen LogP contribution in [0.25, 0.3) is 0 Å². The van der Waals surface area contributed by atoms with E-state index in [1.165, 1.54) is 12.8 Å². The number of carbonyl (C=O) groups excluding carboxylic acids is 1. The Kier molecular flexibility index (Phi) is 4.29. The van der Waals surface area contributed by atoms with E-state index in [0.29, 0.717) is 18.6 Å². The second-order valence-corrected chi connectivity index (χ2v) is 6.71. The summed E-state index contributed by atoms with van der Waals surface area (Å²) in [4.78, 5) is 19.1. The first-order valence-corrected chi connectivity index (χ1v) is 7.94. The number of likely N-dealkylation sites (N-methyl/N-ethyl adjacent to an activating group) is 1. The van der Waals surface area contributed by atoms with Crippen molar-refractivity contribution in [2.24, 2.45) is 0 Å². The SMILES string of the molecule is CN1CCN(CC(=O)OC2C[C@H]3CC[C@@H](C2)N3C)CC1. The van der Waals surface area contributed by atoms with Crippen LogP contribution < -0.4 is 0 Å². The Morgan fingerprint density at radius 1 is 1.05 bits per heavy atom. The maximum absolute atomic E-state index is 12.1. The first-order valence-electron chi connectivity index (χ1n) is 7.94. The number of carbonyl (C=O) groups is 1. The Labute approximate surface area is 121 Å². The zero-order valence-corrected chi connectivity index (χ0v) is 12.8. The lowest BCUT2D eigenvalue weighted by molar-refractivity contribution is -0.154. The van der Waals surface area contributed by atoms with Crippen LogP contribution in [0.4, 0.5) is 0 Å². The molecule has 3 aliphatic rings. The van der Waals surface area contributed by atoms with Crippen LogP contribution in [-0.2, 0) is 9.53 Å². The minimum absolute atomic E-state index is 0.0245. The van der Waals surface area contributed by atoms with E-state index < -0.39 is 0 Å². The van der Waals surface area contributed by atoms with Gasteiger partial charge in [0, 0.05) is 38.3 Å². The molecule has 3 fully saturated rings. The molecule has 5 nitrogen and oxygen atoms in total. The van der Waals surface area contributed by atoms with E-state index >= 15 is 0 Å². The number of ether oxygens (including phenoxy) is 1. The lowest BCUT2D eigenvalue weighted by atomic mass is 10.0. The Morgan fingerprint density at radius 3 is 2.25 bits per heavy atom. The molecule has 114 valence electrons. The van der Waals surface area contributed by atoms with Gasteiger partial charge in [-0.3, -0.25) is 9.69 Å². The van der Waals surface area contributed by atoms with Crippen molar-refractivity contribution < 1.29 is 9.53 Å². The monoisotopic (exact) mass is 281 g/mol. The number of esters is 1. The summed E-state index contributed by atoms with van der Waals surface area (Å²) in [5, 5.41) is 0. The van der Waals surface area contributed by atoms with E-state index in [2.05, 4.69) is 28.8 Å². The first kappa shape index (κ1) is 14.3. The maximum atomic E-state index is 12.1. The van der Waals surface area contributed by atoms with Gasteiger partial charge in [-0.25, -0.2) is 0 Å². The smallest absolute Gasteiger partial charge is 0.320 e. The lowest BCUT2D eigenvalue weighted by Crippen LogP contribution is -2.48. The highest BCUT2D eigenvalue weighted by atomic mass is 16.5. The first-order chi connectivity index (χ1) is 9.61. The maximum Gasteiger partial charge on any atom is 0.320 e. The minimum Gasteiger partial charge on any atom is -0.461 e. The summed E-state index contributed by atoms with van der Waals surface area (Å²) in [5.74, 6) is -0.0245. The zero-order valence-electron chi connectivity index (χ0n) is 12.8. The van der Waals surface area contributed by atoms with Crippen LogP contribution >= 0.6 is 0 Å². The Morgan fingerprint density at radius 2 is 1.65 bits per heavy atom. The molecule has 5 heteroatoms. The number of rotatable bonds is 3. The zero-order chi connectivity index (χ0) is 14.1. The van der Waals surface area contributed by atoms with Crippen molar-refractivity contribution in [3.05, 3.63) is 0 Å². The normalized spacial score (nSPS) is 36.2. The van der Waals surface area contributed by atoms with Crippen molar-refractivity contribution in [1.29, 1.82) is 0 Å². The van der Waals surface area contributed by atoms with Crippen LogP contribution in [-0.4, -0.2) is 85.7 Å². The molecule has 0 amide bonds. The van der Waals surface area contributed by atoms with Crippen LogP contribution in [0, 0.1) is 0 Å². The van der Waals surface area contributed by atoms with Crippen molar-refractivity contribution in [3.63, 3.8) is 0 Å². The largest absolute Gasteiger partial charge is 0.461 e. The summed E-state index contributed by atoms with van der Waals surface area (Å²) < 4.78 is 5.73. The van der Waals surface area contributed by atoms with Crippen molar-refractivity contribution in [3.8, 4) is 0 Å². The molecule has 3 atom stereocenters. The quantitative estimate of drug-likeness (QED) is 0.700. The molecule has 20 heavy (non-hydrogen) atoms. The molecule has 2 bridgehead atoms. The summed E-state index contributed by atoms with van der Waals surface area (Å²) in [6.45, 7) is 4.52. The molecule has 3 saturated heterocycles. The summed E-state index contributed by atoms with van der Waals surface area (Å²) in [6, 6.07) is 1.27. The van der Waals surface area contributed by atoms with Gasteiger partial charge >= 0.3 is 5.97 Å². The average molecular weight is 281 g/mol. The molecule has 3 rings (SSSR count). The number of piperazine rings is 1. The minimum atomic E-state index is -0.0245. The highest BCUT2D eigenvalue weighted by Gasteiger charge is 2.39. The third kappa shape index (κ3) is 3.15. The fraction of sp³-hybridized carbons (Fsp3) is 0.933.